The standard InChI is InChI=1S/C27H36N2O3S/c1-20-8-7-9-23(16-20)17-29(21(2)27(31)28-24-10-5-4-6-11-24)26(30)19-33-18-22-12-14-25(32-3)15-13-22/h7-9,12-16,21,24H,4-6,10-11,17-19H2,1-3H3,(H,28,31)/t21-/m0/s1. The number of rotatable bonds is 10. The summed E-state index contributed by atoms with van der Waals surface area (Å²) < 4.78 is 5.21. The lowest BCUT2D eigenvalue weighted by Crippen LogP contribution is -2.50. The van der Waals surface area contributed by atoms with Crippen LogP contribution in [0.15, 0.2) is 48.5 Å². The highest BCUT2D eigenvalue weighted by Crippen LogP contribution is 2.20. The molecule has 1 aliphatic carbocycles. The van der Waals surface area contributed by atoms with Crippen molar-refractivity contribution in [3.8, 4) is 5.75 Å². The minimum Gasteiger partial charge on any atom is -0.497 e. The van der Waals surface area contributed by atoms with E-state index in [1.54, 1.807) is 23.8 Å². The molecule has 178 valence electrons. The minimum atomic E-state index is -0.512. The minimum absolute atomic E-state index is 0.0127. The van der Waals surface area contributed by atoms with Crippen molar-refractivity contribution in [3.63, 3.8) is 0 Å². The number of nitrogens with zero attached hydrogens (tertiary/aromatic N) is 1. The first-order chi connectivity index (χ1) is 16.0. The number of hydrogen-bond donors (Lipinski definition) is 1. The molecule has 0 unspecified atom stereocenters. The van der Waals surface area contributed by atoms with Crippen molar-refractivity contribution in [1.82, 2.24) is 10.2 Å². The topological polar surface area (TPSA) is 58.6 Å². The van der Waals surface area contributed by atoms with Crippen LogP contribution in [-0.2, 0) is 21.9 Å². The van der Waals surface area contributed by atoms with E-state index in [2.05, 4.69) is 11.4 Å². The van der Waals surface area contributed by atoms with E-state index < -0.39 is 6.04 Å². The smallest absolute Gasteiger partial charge is 0.242 e. The van der Waals surface area contributed by atoms with Gasteiger partial charge in [0.2, 0.25) is 11.8 Å². The van der Waals surface area contributed by atoms with E-state index in [1.165, 1.54) is 6.42 Å². The third-order valence-electron chi connectivity index (χ3n) is 6.21. The highest BCUT2D eigenvalue weighted by molar-refractivity contribution is 7.99. The first kappa shape index (κ1) is 25.2. The van der Waals surface area contributed by atoms with Crippen molar-refractivity contribution < 1.29 is 14.3 Å². The molecule has 1 N–H and O–H groups in total. The molecule has 1 aliphatic rings. The van der Waals surface area contributed by atoms with Gasteiger partial charge in [-0.05, 0) is 49.9 Å². The summed E-state index contributed by atoms with van der Waals surface area (Å²) in [5.74, 6) is 1.82. The first-order valence-corrected chi connectivity index (χ1v) is 13.0. The predicted molar refractivity (Wildman–Crippen MR) is 135 cm³/mol. The van der Waals surface area contributed by atoms with Crippen molar-refractivity contribution in [2.24, 2.45) is 0 Å². The summed E-state index contributed by atoms with van der Waals surface area (Å²) in [5, 5.41) is 3.19. The van der Waals surface area contributed by atoms with Crippen molar-refractivity contribution in [3.05, 3.63) is 65.2 Å². The maximum absolute atomic E-state index is 13.3. The van der Waals surface area contributed by atoms with E-state index in [0.29, 0.717) is 12.3 Å². The summed E-state index contributed by atoms with van der Waals surface area (Å²) in [5.41, 5.74) is 3.33. The maximum atomic E-state index is 13.3. The van der Waals surface area contributed by atoms with Crippen molar-refractivity contribution >= 4 is 23.6 Å². The molecule has 0 aromatic heterocycles. The normalized spacial score (nSPS) is 15.0. The van der Waals surface area contributed by atoms with Gasteiger partial charge in [0.15, 0.2) is 0 Å². The van der Waals surface area contributed by atoms with Crippen LogP contribution < -0.4 is 10.1 Å². The predicted octanol–water partition coefficient (Wildman–Crippen LogP) is 5.10. The summed E-state index contributed by atoms with van der Waals surface area (Å²) in [4.78, 5) is 28.0. The summed E-state index contributed by atoms with van der Waals surface area (Å²) in [7, 11) is 1.65. The van der Waals surface area contributed by atoms with Gasteiger partial charge >= 0.3 is 0 Å². The number of hydrogen-bond acceptors (Lipinski definition) is 4. The summed E-state index contributed by atoms with van der Waals surface area (Å²) in [6.07, 6.45) is 5.62. The van der Waals surface area contributed by atoms with Crippen LogP contribution in [0.2, 0.25) is 0 Å². The van der Waals surface area contributed by atoms with Crippen molar-refractivity contribution in [1.29, 1.82) is 0 Å². The van der Waals surface area contributed by atoms with E-state index in [1.807, 2.05) is 56.3 Å². The molecule has 6 heteroatoms. The fourth-order valence-corrected chi connectivity index (χ4v) is 5.09. The Morgan fingerprint density at radius 2 is 1.82 bits per heavy atom. The van der Waals surface area contributed by atoms with Gasteiger partial charge < -0.3 is 15.0 Å². The van der Waals surface area contributed by atoms with E-state index in [0.717, 1.165) is 53.9 Å². The Hall–Kier alpha value is -2.47. The van der Waals surface area contributed by atoms with E-state index in [9.17, 15) is 9.59 Å². The summed E-state index contributed by atoms with van der Waals surface area (Å²) >= 11 is 1.57. The van der Waals surface area contributed by atoms with Gasteiger partial charge in [-0.25, -0.2) is 0 Å². The third kappa shape index (κ3) is 7.81. The molecular weight excluding hydrogens is 432 g/mol. The zero-order valence-corrected chi connectivity index (χ0v) is 20.8. The SMILES string of the molecule is COc1ccc(CSCC(=O)N(Cc2cccc(C)c2)[C@@H](C)C(=O)NC2CCCCC2)cc1. The molecule has 0 spiro atoms. The van der Waals surface area contributed by atoms with Gasteiger partial charge in [0.05, 0.1) is 12.9 Å². The molecule has 33 heavy (non-hydrogen) atoms. The van der Waals surface area contributed by atoms with Crippen LogP contribution in [-0.4, -0.2) is 41.7 Å². The van der Waals surface area contributed by atoms with Crippen LogP contribution in [0.25, 0.3) is 0 Å². The van der Waals surface area contributed by atoms with Gasteiger partial charge in [0.25, 0.3) is 0 Å². The Bertz CT molecular complexity index is 910. The number of carbonyl (C=O) groups excluding carboxylic acids is 2. The number of ether oxygens (including phenoxy) is 1. The third-order valence-corrected chi connectivity index (χ3v) is 7.20. The molecule has 0 bridgehead atoms. The van der Waals surface area contributed by atoms with Crippen LogP contribution in [0.1, 0.15) is 55.7 Å². The number of thioether (sulfide) groups is 1. The van der Waals surface area contributed by atoms with Gasteiger partial charge in [-0.2, -0.15) is 0 Å². The summed E-state index contributed by atoms with van der Waals surface area (Å²) in [6, 6.07) is 15.7. The van der Waals surface area contributed by atoms with E-state index in [-0.39, 0.29) is 17.9 Å². The molecule has 2 aromatic rings. The van der Waals surface area contributed by atoms with Crippen LogP contribution >= 0.6 is 11.8 Å². The van der Waals surface area contributed by atoms with Crippen LogP contribution in [0.3, 0.4) is 0 Å². The van der Waals surface area contributed by atoms with Crippen LogP contribution in [0, 0.1) is 6.92 Å². The van der Waals surface area contributed by atoms with Gasteiger partial charge in [-0.1, -0.05) is 61.2 Å². The monoisotopic (exact) mass is 468 g/mol. The molecule has 2 amide bonds. The van der Waals surface area contributed by atoms with Crippen molar-refractivity contribution in [2.75, 3.05) is 12.9 Å². The zero-order chi connectivity index (χ0) is 23.6. The van der Waals surface area contributed by atoms with Crippen molar-refractivity contribution in [2.45, 2.75) is 70.3 Å². The number of aryl methyl sites for hydroxylation is 1. The van der Waals surface area contributed by atoms with Gasteiger partial charge in [-0.15, -0.1) is 11.8 Å². The number of amides is 2. The lowest BCUT2D eigenvalue weighted by Gasteiger charge is -2.31. The Balaban J connectivity index is 1.63. The molecule has 0 saturated heterocycles. The van der Waals surface area contributed by atoms with E-state index >= 15 is 0 Å². The Labute approximate surface area is 202 Å². The van der Waals surface area contributed by atoms with Crippen LogP contribution in [0.4, 0.5) is 0 Å². The highest BCUT2D eigenvalue weighted by atomic mass is 32.2. The second-order valence-corrected chi connectivity index (χ2v) is 9.86. The molecule has 2 aromatic carbocycles. The molecule has 1 saturated carbocycles. The van der Waals surface area contributed by atoms with E-state index in [4.69, 9.17) is 4.74 Å². The quantitative estimate of drug-likeness (QED) is 0.527. The molecule has 0 aliphatic heterocycles. The Morgan fingerprint density at radius 3 is 2.48 bits per heavy atom. The molecule has 0 radical (unpaired) electrons. The second kappa shape index (κ2) is 12.7. The molecule has 3 rings (SSSR count). The average molecular weight is 469 g/mol. The van der Waals surface area contributed by atoms with Gasteiger partial charge in [0, 0.05) is 18.3 Å². The van der Waals surface area contributed by atoms with Gasteiger partial charge in [0.1, 0.15) is 11.8 Å². The first-order valence-electron chi connectivity index (χ1n) is 11.8. The highest BCUT2D eigenvalue weighted by Gasteiger charge is 2.28. The average Bonchev–Trinajstić information content (AvgIpc) is 2.83. The molecule has 5 nitrogen and oxygen atoms in total. The number of carbonyl (C=O) groups is 2. The van der Waals surface area contributed by atoms with Gasteiger partial charge in [-0.3, -0.25) is 9.59 Å². The molecule has 1 fully saturated rings. The summed E-state index contributed by atoms with van der Waals surface area (Å²) in [6.45, 7) is 4.32. The molecule has 1 atom stereocenters. The lowest BCUT2D eigenvalue weighted by atomic mass is 9.95. The number of nitrogens with one attached hydrogen (secondary N) is 1. The maximum Gasteiger partial charge on any atom is 0.242 e. The second-order valence-electron chi connectivity index (χ2n) is 8.87. The molecule has 0 heterocycles. The Kier molecular flexibility index (Phi) is 9.67. The Morgan fingerprint density at radius 1 is 1.09 bits per heavy atom. The number of benzene rings is 2. The fourth-order valence-electron chi connectivity index (χ4n) is 4.22. The fraction of sp³-hybridized carbons (Fsp3) is 0.481. The lowest BCUT2D eigenvalue weighted by molar-refractivity contribution is -0.139. The molecular formula is C27H36N2O3S. The number of methoxy groups -OCH3 is 1. The zero-order valence-electron chi connectivity index (χ0n) is 20.0. The van der Waals surface area contributed by atoms with Crippen LogP contribution in [0.5, 0.6) is 5.75 Å². The largest absolute Gasteiger partial charge is 0.497 e.